The Morgan fingerprint density at radius 1 is 1.05 bits per heavy atom. The summed E-state index contributed by atoms with van der Waals surface area (Å²) >= 11 is 0. The molecule has 0 aliphatic heterocycles. The lowest BCUT2D eigenvalue weighted by Gasteiger charge is -2.20. The molecule has 118 valence electrons. The van der Waals surface area contributed by atoms with E-state index in [9.17, 15) is 22.7 Å². The van der Waals surface area contributed by atoms with Crippen LogP contribution in [0.3, 0.4) is 0 Å². The van der Waals surface area contributed by atoms with E-state index in [0.29, 0.717) is 12.1 Å². The number of hydrogen-bond acceptors (Lipinski definition) is 2. The van der Waals surface area contributed by atoms with Gasteiger partial charge in [0.25, 0.3) is 0 Å². The minimum absolute atomic E-state index is 0.0390. The van der Waals surface area contributed by atoms with Crippen LogP contribution in [0.5, 0.6) is 0 Å². The topological polar surface area (TPSA) is 46.2 Å². The van der Waals surface area contributed by atoms with Crippen molar-refractivity contribution in [2.75, 3.05) is 0 Å². The molecule has 0 amide bonds. The fourth-order valence-electron chi connectivity index (χ4n) is 2.17. The molecule has 0 spiro atoms. The summed E-state index contributed by atoms with van der Waals surface area (Å²) in [5, 5.41) is 10.1. The molecule has 0 unspecified atom stereocenters. The quantitative estimate of drug-likeness (QED) is 0.849. The third-order valence-electron chi connectivity index (χ3n) is 3.38. The largest absolute Gasteiger partial charge is 0.419 e. The molecule has 0 radical (unpaired) electrons. The van der Waals surface area contributed by atoms with Gasteiger partial charge >= 0.3 is 6.18 Å². The van der Waals surface area contributed by atoms with Gasteiger partial charge in [0, 0.05) is 6.42 Å². The van der Waals surface area contributed by atoms with E-state index in [1.54, 1.807) is 24.3 Å². The molecule has 0 aromatic heterocycles. The smallest absolute Gasteiger partial charge is 0.391 e. The molecule has 2 rings (SSSR count). The standard InChI is InChI=1S/C16H15F4NO/c17-13-7-6-11(9-12(13)16(18,19)20)15(21)14(22)8-10-4-2-1-3-5-10/h1-7,9,14-15,22H,8,21H2/t14-,15+/m1/s1. The number of benzene rings is 2. The van der Waals surface area contributed by atoms with Crippen molar-refractivity contribution in [3.63, 3.8) is 0 Å². The highest BCUT2D eigenvalue weighted by atomic mass is 19.4. The Bertz CT molecular complexity index is 628. The first-order valence-corrected chi connectivity index (χ1v) is 6.63. The number of halogens is 4. The van der Waals surface area contributed by atoms with Crippen LogP contribution < -0.4 is 5.73 Å². The number of hydrogen-bond donors (Lipinski definition) is 2. The predicted molar refractivity (Wildman–Crippen MR) is 74.5 cm³/mol. The van der Waals surface area contributed by atoms with Crippen molar-refractivity contribution in [3.05, 3.63) is 71.0 Å². The summed E-state index contributed by atoms with van der Waals surface area (Å²) in [5.74, 6) is -1.36. The van der Waals surface area contributed by atoms with Crippen LogP contribution in [0.1, 0.15) is 22.7 Å². The van der Waals surface area contributed by atoms with Crippen molar-refractivity contribution < 1.29 is 22.7 Å². The zero-order chi connectivity index (χ0) is 16.3. The van der Waals surface area contributed by atoms with E-state index in [1.165, 1.54) is 0 Å². The molecule has 2 atom stereocenters. The first kappa shape index (κ1) is 16.5. The predicted octanol–water partition coefficient (Wildman–Crippen LogP) is 3.45. The van der Waals surface area contributed by atoms with Crippen LogP contribution in [0.25, 0.3) is 0 Å². The molecule has 2 nitrogen and oxygen atoms in total. The van der Waals surface area contributed by atoms with Gasteiger partial charge in [-0.15, -0.1) is 0 Å². The summed E-state index contributed by atoms with van der Waals surface area (Å²) in [6.45, 7) is 0. The zero-order valence-electron chi connectivity index (χ0n) is 11.5. The molecule has 0 heterocycles. The monoisotopic (exact) mass is 313 g/mol. The van der Waals surface area contributed by atoms with Crippen LogP contribution in [0.4, 0.5) is 17.6 Å². The average molecular weight is 313 g/mol. The SMILES string of the molecule is N[C@@H](c1ccc(F)c(C(F)(F)F)c1)[C@H](O)Cc1ccccc1. The Morgan fingerprint density at radius 2 is 1.68 bits per heavy atom. The minimum atomic E-state index is -4.80. The van der Waals surface area contributed by atoms with E-state index in [-0.39, 0.29) is 12.0 Å². The normalized spacial score (nSPS) is 14.6. The fourth-order valence-corrected chi connectivity index (χ4v) is 2.17. The molecule has 0 saturated carbocycles. The molecule has 2 aromatic rings. The maximum Gasteiger partial charge on any atom is 0.419 e. The van der Waals surface area contributed by atoms with Crippen molar-refractivity contribution in [2.24, 2.45) is 5.73 Å². The van der Waals surface area contributed by atoms with Gasteiger partial charge in [0.15, 0.2) is 0 Å². The van der Waals surface area contributed by atoms with Crippen molar-refractivity contribution in [1.82, 2.24) is 0 Å². The average Bonchev–Trinajstić information content (AvgIpc) is 2.47. The van der Waals surface area contributed by atoms with Gasteiger partial charge in [-0.3, -0.25) is 0 Å². The van der Waals surface area contributed by atoms with Gasteiger partial charge in [0.05, 0.1) is 17.7 Å². The molecule has 0 bridgehead atoms. The Labute approximate surface area is 125 Å². The molecular weight excluding hydrogens is 298 g/mol. The molecule has 0 fully saturated rings. The van der Waals surface area contributed by atoms with Crippen LogP contribution in [0.15, 0.2) is 48.5 Å². The van der Waals surface area contributed by atoms with Gasteiger partial charge in [-0.05, 0) is 23.3 Å². The second-order valence-corrected chi connectivity index (χ2v) is 5.02. The third-order valence-corrected chi connectivity index (χ3v) is 3.38. The van der Waals surface area contributed by atoms with Gasteiger partial charge < -0.3 is 10.8 Å². The number of rotatable bonds is 4. The van der Waals surface area contributed by atoms with E-state index in [4.69, 9.17) is 5.73 Å². The summed E-state index contributed by atoms with van der Waals surface area (Å²) < 4.78 is 51.3. The van der Waals surface area contributed by atoms with Crippen LogP contribution in [0.2, 0.25) is 0 Å². The Hall–Kier alpha value is -1.92. The van der Waals surface area contributed by atoms with Gasteiger partial charge in [-0.2, -0.15) is 13.2 Å². The number of aliphatic hydroxyl groups is 1. The van der Waals surface area contributed by atoms with E-state index in [2.05, 4.69) is 0 Å². The molecule has 0 aliphatic rings. The molecule has 6 heteroatoms. The highest BCUT2D eigenvalue weighted by Crippen LogP contribution is 2.33. The number of nitrogens with two attached hydrogens (primary N) is 1. The molecule has 3 N–H and O–H groups in total. The lowest BCUT2D eigenvalue weighted by molar-refractivity contribution is -0.140. The van der Waals surface area contributed by atoms with E-state index in [0.717, 1.165) is 11.6 Å². The van der Waals surface area contributed by atoms with Crippen molar-refractivity contribution >= 4 is 0 Å². The Kier molecular flexibility index (Phi) is 4.83. The van der Waals surface area contributed by atoms with E-state index >= 15 is 0 Å². The van der Waals surface area contributed by atoms with Crippen LogP contribution >= 0.6 is 0 Å². The summed E-state index contributed by atoms with van der Waals surface area (Å²) in [7, 11) is 0. The zero-order valence-corrected chi connectivity index (χ0v) is 11.5. The first-order chi connectivity index (χ1) is 10.3. The molecule has 2 aromatic carbocycles. The van der Waals surface area contributed by atoms with Crippen LogP contribution in [0, 0.1) is 5.82 Å². The highest BCUT2D eigenvalue weighted by molar-refractivity contribution is 5.30. The van der Waals surface area contributed by atoms with E-state index < -0.39 is 29.7 Å². The van der Waals surface area contributed by atoms with E-state index in [1.807, 2.05) is 6.07 Å². The summed E-state index contributed by atoms with van der Waals surface area (Å²) in [6.07, 6.45) is -5.68. The van der Waals surface area contributed by atoms with Gasteiger partial charge in [0.1, 0.15) is 5.82 Å². The second-order valence-electron chi connectivity index (χ2n) is 5.02. The fraction of sp³-hybridized carbons (Fsp3) is 0.250. The minimum Gasteiger partial charge on any atom is -0.391 e. The highest BCUT2D eigenvalue weighted by Gasteiger charge is 2.35. The third kappa shape index (κ3) is 3.84. The summed E-state index contributed by atoms with van der Waals surface area (Å²) in [6, 6.07) is 10.4. The Morgan fingerprint density at radius 3 is 2.27 bits per heavy atom. The Balaban J connectivity index is 2.20. The van der Waals surface area contributed by atoms with Crippen LogP contribution in [-0.4, -0.2) is 11.2 Å². The van der Waals surface area contributed by atoms with Crippen molar-refractivity contribution in [1.29, 1.82) is 0 Å². The van der Waals surface area contributed by atoms with Gasteiger partial charge in [-0.1, -0.05) is 36.4 Å². The van der Waals surface area contributed by atoms with Gasteiger partial charge in [0.2, 0.25) is 0 Å². The maximum atomic E-state index is 13.3. The maximum absolute atomic E-state index is 13.3. The molecule has 0 aliphatic carbocycles. The molecule has 22 heavy (non-hydrogen) atoms. The summed E-state index contributed by atoms with van der Waals surface area (Å²) in [4.78, 5) is 0. The number of aliphatic hydroxyl groups excluding tert-OH is 1. The first-order valence-electron chi connectivity index (χ1n) is 6.63. The van der Waals surface area contributed by atoms with Crippen molar-refractivity contribution in [2.45, 2.75) is 24.7 Å². The number of alkyl halides is 3. The lowest BCUT2D eigenvalue weighted by Crippen LogP contribution is -2.28. The second kappa shape index (κ2) is 6.46. The van der Waals surface area contributed by atoms with Gasteiger partial charge in [-0.25, -0.2) is 4.39 Å². The molecule has 0 saturated heterocycles. The van der Waals surface area contributed by atoms with Crippen molar-refractivity contribution in [3.8, 4) is 0 Å². The molecular formula is C16H15F4NO. The van der Waals surface area contributed by atoms with Crippen LogP contribution in [-0.2, 0) is 12.6 Å². The lowest BCUT2D eigenvalue weighted by atomic mass is 9.95. The summed E-state index contributed by atoms with van der Waals surface area (Å²) in [5.41, 5.74) is 5.27.